The maximum absolute atomic E-state index is 12.5. The molecule has 0 radical (unpaired) electrons. The summed E-state index contributed by atoms with van der Waals surface area (Å²) in [5.41, 5.74) is -2.34. The van der Waals surface area contributed by atoms with Gasteiger partial charge < -0.3 is 4.57 Å². The minimum Gasteiger partial charge on any atom is -0.307 e. The van der Waals surface area contributed by atoms with E-state index in [1.165, 1.54) is 13.2 Å². The highest BCUT2D eigenvalue weighted by Gasteiger charge is 2.34. The molecule has 18 heavy (non-hydrogen) atoms. The fraction of sp³-hybridized carbons (Fsp3) is 0.333. The quantitative estimate of drug-likeness (QED) is 0.785. The molecule has 0 aliphatic carbocycles. The van der Waals surface area contributed by atoms with Crippen LogP contribution in [0.15, 0.2) is 23.1 Å². The van der Waals surface area contributed by atoms with Crippen LogP contribution in [-0.4, -0.2) is 24.8 Å². The number of aromatic nitrogens is 5. The Labute approximate surface area is 98.7 Å². The normalized spacial score (nSPS) is 11.8. The summed E-state index contributed by atoms with van der Waals surface area (Å²) in [6, 6.07) is 1.89. The lowest BCUT2D eigenvalue weighted by molar-refractivity contribution is -0.138. The van der Waals surface area contributed by atoms with Crippen molar-refractivity contribution >= 4 is 0 Å². The standard InChI is InChI=1S/C9H8F3N5O/c1-16-14-7(13-15-16)5-17-4-2-3-6(8(17)18)9(10,11)12/h2-4H,5H2,1H3. The lowest BCUT2D eigenvalue weighted by Crippen LogP contribution is -2.28. The molecular formula is C9H8F3N5O. The number of halogens is 3. The summed E-state index contributed by atoms with van der Waals surface area (Å²) in [6.07, 6.45) is -3.43. The third kappa shape index (κ3) is 2.39. The SMILES string of the molecule is Cn1nnc(Cn2cccc(C(F)(F)F)c2=O)n1. The Hall–Kier alpha value is -2.19. The number of rotatable bonds is 2. The molecule has 0 N–H and O–H groups in total. The van der Waals surface area contributed by atoms with Crippen molar-refractivity contribution in [3.8, 4) is 0 Å². The van der Waals surface area contributed by atoms with E-state index in [4.69, 9.17) is 0 Å². The number of nitrogens with zero attached hydrogens (tertiary/aromatic N) is 5. The largest absolute Gasteiger partial charge is 0.421 e. The second-order valence-electron chi connectivity index (χ2n) is 3.55. The zero-order chi connectivity index (χ0) is 13.3. The van der Waals surface area contributed by atoms with Crippen LogP contribution in [0.3, 0.4) is 0 Å². The Morgan fingerprint density at radius 3 is 2.67 bits per heavy atom. The molecule has 0 fully saturated rings. The van der Waals surface area contributed by atoms with Crippen molar-refractivity contribution in [2.45, 2.75) is 12.7 Å². The van der Waals surface area contributed by atoms with Crippen molar-refractivity contribution in [2.24, 2.45) is 7.05 Å². The molecule has 0 saturated heterocycles. The van der Waals surface area contributed by atoms with Gasteiger partial charge in [0.15, 0.2) is 5.82 Å². The predicted molar refractivity (Wildman–Crippen MR) is 53.6 cm³/mol. The van der Waals surface area contributed by atoms with Gasteiger partial charge in [-0.05, 0) is 17.3 Å². The summed E-state index contributed by atoms with van der Waals surface area (Å²) >= 11 is 0. The molecule has 0 aromatic carbocycles. The van der Waals surface area contributed by atoms with Crippen LogP contribution in [0.1, 0.15) is 11.4 Å². The molecule has 0 aliphatic heterocycles. The molecule has 0 atom stereocenters. The molecular weight excluding hydrogens is 251 g/mol. The summed E-state index contributed by atoms with van der Waals surface area (Å²) in [4.78, 5) is 12.7. The number of aryl methyl sites for hydroxylation is 1. The molecule has 0 bridgehead atoms. The van der Waals surface area contributed by atoms with Crippen LogP contribution in [0.4, 0.5) is 13.2 Å². The number of hydrogen-bond acceptors (Lipinski definition) is 4. The summed E-state index contributed by atoms with van der Waals surface area (Å²) in [6.45, 7) is -0.156. The third-order valence-electron chi connectivity index (χ3n) is 2.19. The first-order valence-corrected chi connectivity index (χ1v) is 4.87. The van der Waals surface area contributed by atoms with Gasteiger partial charge in [-0.15, -0.1) is 10.2 Å². The second-order valence-corrected chi connectivity index (χ2v) is 3.55. The number of hydrogen-bond donors (Lipinski definition) is 0. The van der Waals surface area contributed by atoms with E-state index in [9.17, 15) is 18.0 Å². The minimum absolute atomic E-state index is 0.156. The van der Waals surface area contributed by atoms with Crippen molar-refractivity contribution in [3.05, 3.63) is 40.1 Å². The molecule has 0 aliphatic rings. The van der Waals surface area contributed by atoms with Gasteiger partial charge in [0.1, 0.15) is 5.56 Å². The molecule has 0 saturated carbocycles. The van der Waals surface area contributed by atoms with Gasteiger partial charge in [0.2, 0.25) is 0 Å². The Bertz CT molecular complexity index is 615. The van der Waals surface area contributed by atoms with Crippen LogP contribution in [0, 0.1) is 0 Å². The molecule has 9 heteroatoms. The first-order valence-electron chi connectivity index (χ1n) is 4.87. The average Bonchev–Trinajstić information content (AvgIpc) is 2.65. The molecule has 96 valence electrons. The van der Waals surface area contributed by atoms with E-state index < -0.39 is 17.3 Å². The van der Waals surface area contributed by atoms with Gasteiger partial charge in [0.05, 0.1) is 13.6 Å². The van der Waals surface area contributed by atoms with Crippen LogP contribution in [0.25, 0.3) is 0 Å². The molecule has 2 aromatic heterocycles. The van der Waals surface area contributed by atoms with Crippen molar-refractivity contribution in [2.75, 3.05) is 0 Å². The van der Waals surface area contributed by atoms with E-state index in [1.54, 1.807) is 0 Å². The molecule has 0 amide bonds. The molecule has 0 spiro atoms. The molecule has 2 rings (SSSR count). The van der Waals surface area contributed by atoms with Crippen LogP contribution in [0.2, 0.25) is 0 Å². The van der Waals surface area contributed by atoms with Gasteiger partial charge in [0, 0.05) is 6.20 Å². The number of alkyl halides is 3. The van der Waals surface area contributed by atoms with Crippen molar-refractivity contribution in [1.82, 2.24) is 24.8 Å². The average molecular weight is 259 g/mol. The first-order chi connectivity index (χ1) is 8.38. The number of tetrazole rings is 1. The Morgan fingerprint density at radius 1 is 1.39 bits per heavy atom. The van der Waals surface area contributed by atoms with E-state index in [-0.39, 0.29) is 12.4 Å². The van der Waals surface area contributed by atoms with Gasteiger partial charge in [-0.1, -0.05) is 0 Å². The van der Waals surface area contributed by atoms with E-state index in [2.05, 4.69) is 15.4 Å². The highest BCUT2D eigenvalue weighted by molar-refractivity contribution is 5.14. The monoisotopic (exact) mass is 259 g/mol. The molecule has 0 unspecified atom stereocenters. The highest BCUT2D eigenvalue weighted by atomic mass is 19.4. The zero-order valence-electron chi connectivity index (χ0n) is 9.22. The lowest BCUT2D eigenvalue weighted by Gasteiger charge is -2.08. The van der Waals surface area contributed by atoms with Crippen molar-refractivity contribution in [1.29, 1.82) is 0 Å². The Balaban J connectivity index is 2.38. The summed E-state index contributed by atoms with van der Waals surface area (Å²) < 4.78 is 38.4. The summed E-state index contributed by atoms with van der Waals surface area (Å²) in [5, 5.41) is 10.9. The van der Waals surface area contributed by atoms with E-state index in [0.29, 0.717) is 0 Å². The van der Waals surface area contributed by atoms with Crippen molar-refractivity contribution < 1.29 is 13.2 Å². The second kappa shape index (κ2) is 4.24. The van der Waals surface area contributed by atoms with Gasteiger partial charge in [-0.3, -0.25) is 4.79 Å². The van der Waals surface area contributed by atoms with Gasteiger partial charge in [-0.25, -0.2) is 0 Å². The fourth-order valence-electron chi connectivity index (χ4n) is 1.42. The maximum atomic E-state index is 12.5. The topological polar surface area (TPSA) is 65.6 Å². The maximum Gasteiger partial charge on any atom is 0.421 e. The lowest BCUT2D eigenvalue weighted by atomic mass is 10.2. The first kappa shape index (κ1) is 12.3. The zero-order valence-corrected chi connectivity index (χ0v) is 9.22. The third-order valence-corrected chi connectivity index (χ3v) is 2.19. The fourth-order valence-corrected chi connectivity index (χ4v) is 1.42. The van der Waals surface area contributed by atoms with Crippen molar-refractivity contribution in [3.63, 3.8) is 0 Å². The van der Waals surface area contributed by atoms with Crippen LogP contribution >= 0.6 is 0 Å². The molecule has 6 nitrogen and oxygen atoms in total. The Morgan fingerprint density at radius 2 is 2.11 bits per heavy atom. The molecule has 2 heterocycles. The van der Waals surface area contributed by atoms with E-state index in [0.717, 1.165) is 21.5 Å². The van der Waals surface area contributed by atoms with Crippen LogP contribution in [-0.2, 0) is 19.8 Å². The predicted octanol–water partition coefficient (Wildman–Crippen LogP) is 0.439. The van der Waals surface area contributed by atoms with E-state index >= 15 is 0 Å². The minimum atomic E-state index is -4.67. The highest BCUT2D eigenvalue weighted by Crippen LogP contribution is 2.25. The Kier molecular flexibility index (Phi) is 2.89. The summed E-state index contributed by atoms with van der Waals surface area (Å²) in [7, 11) is 1.52. The smallest absolute Gasteiger partial charge is 0.307 e. The van der Waals surface area contributed by atoms with Crippen LogP contribution in [0.5, 0.6) is 0 Å². The number of pyridine rings is 1. The van der Waals surface area contributed by atoms with Gasteiger partial charge >= 0.3 is 6.18 Å². The summed E-state index contributed by atoms with van der Waals surface area (Å²) in [5.74, 6) is 0.166. The van der Waals surface area contributed by atoms with E-state index in [1.807, 2.05) is 0 Å². The van der Waals surface area contributed by atoms with Gasteiger partial charge in [0.25, 0.3) is 5.56 Å². The van der Waals surface area contributed by atoms with Gasteiger partial charge in [-0.2, -0.15) is 18.0 Å². The van der Waals surface area contributed by atoms with Crippen LogP contribution < -0.4 is 5.56 Å². The molecule has 2 aromatic rings.